The first-order valence-corrected chi connectivity index (χ1v) is 16.4. The van der Waals surface area contributed by atoms with Gasteiger partial charge in [-0.1, -0.05) is 64.3 Å². The van der Waals surface area contributed by atoms with Crippen LogP contribution in [0.1, 0.15) is 100 Å². The molecule has 2 atom stereocenters. The number of hydrogen-bond donors (Lipinski definition) is 3. The first kappa shape index (κ1) is 32.8. The summed E-state index contributed by atoms with van der Waals surface area (Å²) in [4.78, 5) is 68.2. The Hall–Kier alpha value is -2.73. The van der Waals surface area contributed by atoms with E-state index in [0.29, 0.717) is 36.4 Å². The highest BCUT2D eigenvalue weighted by molar-refractivity contribution is 8.13. The number of esters is 1. The Morgan fingerprint density at radius 2 is 1.95 bits per heavy atom. The molecule has 3 N–H and O–H groups in total. The normalized spacial score (nSPS) is 21.5. The molecule has 2 heterocycles. The van der Waals surface area contributed by atoms with Crippen molar-refractivity contribution < 1.29 is 28.7 Å². The van der Waals surface area contributed by atoms with Crippen molar-refractivity contribution >= 4 is 51.9 Å². The lowest BCUT2D eigenvalue weighted by molar-refractivity contribution is -0.153. The molecule has 0 unspecified atom stereocenters. The van der Waals surface area contributed by atoms with Crippen LogP contribution in [0, 0.1) is 5.92 Å². The van der Waals surface area contributed by atoms with Crippen LogP contribution in [0.3, 0.4) is 0 Å². The number of fused-ring (bicyclic) bond motifs is 2. The first-order valence-electron chi connectivity index (χ1n) is 14.5. The summed E-state index contributed by atoms with van der Waals surface area (Å²) in [6.07, 6.45) is 10.1. The average Bonchev–Trinajstić information content (AvgIpc) is 3.55. The minimum atomic E-state index is -1.08. The summed E-state index contributed by atoms with van der Waals surface area (Å²) in [5.41, 5.74) is -0.900. The van der Waals surface area contributed by atoms with Crippen LogP contribution < -0.4 is 16.0 Å². The summed E-state index contributed by atoms with van der Waals surface area (Å²) in [7, 11) is 0. The Bertz CT molecular complexity index is 1110. The number of nitrogens with one attached hydrogen (secondary N) is 3. The number of allylic oxidation sites excluding steroid dienone is 1. The maximum Gasteiger partial charge on any atom is 0.329 e. The van der Waals surface area contributed by atoms with E-state index < -0.39 is 35.5 Å². The molecule has 10 nitrogen and oxygen atoms in total. The fourth-order valence-corrected chi connectivity index (χ4v) is 5.81. The highest BCUT2D eigenvalue weighted by atomic mass is 32.2. The highest BCUT2D eigenvalue weighted by Gasteiger charge is 2.52. The van der Waals surface area contributed by atoms with E-state index in [1.54, 1.807) is 25.3 Å². The Kier molecular flexibility index (Phi) is 12.8. The van der Waals surface area contributed by atoms with Gasteiger partial charge in [-0.15, -0.1) is 11.3 Å². The third kappa shape index (κ3) is 10.6. The third-order valence-electron chi connectivity index (χ3n) is 7.00. The van der Waals surface area contributed by atoms with Gasteiger partial charge < -0.3 is 20.7 Å². The van der Waals surface area contributed by atoms with Crippen LogP contribution in [0.4, 0.5) is 0 Å². The van der Waals surface area contributed by atoms with Gasteiger partial charge in [0.2, 0.25) is 11.8 Å². The predicted molar refractivity (Wildman–Crippen MR) is 159 cm³/mol. The number of hydrogen-bond acceptors (Lipinski definition) is 9. The number of unbranched alkanes of at least 4 members (excludes halogenated alkanes) is 4. The van der Waals surface area contributed by atoms with Gasteiger partial charge in [-0.05, 0) is 37.7 Å². The smallest absolute Gasteiger partial charge is 0.329 e. The van der Waals surface area contributed by atoms with E-state index in [2.05, 4.69) is 27.9 Å². The summed E-state index contributed by atoms with van der Waals surface area (Å²) >= 11 is 2.53. The molecule has 1 aromatic rings. The first-order chi connectivity index (χ1) is 19.6. The van der Waals surface area contributed by atoms with Gasteiger partial charge in [0.15, 0.2) is 5.12 Å². The molecule has 41 heavy (non-hydrogen) atoms. The van der Waals surface area contributed by atoms with Crippen molar-refractivity contribution in [2.75, 3.05) is 5.75 Å². The lowest BCUT2D eigenvalue weighted by Gasteiger charge is -2.26. The number of carbonyl (C=O) groups is 5. The molecule has 226 valence electrons. The van der Waals surface area contributed by atoms with Crippen molar-refractivity contribution in [3.05, 3.63) is 28.2 Å². The Balaban J connectivity index is 1.64. The molecule has 1 aromatic heterocycles. The second-order valence-corrected chi connectivity index (χ2v) is 13.0. The minimum Gasteiger partial charge on any atom is -0.456 e. The third-order valence-corrected chi connectivity index (χ3v) is 8.82. The van der Waals surface area contributed by atoms with Crippen LogP contribution in [0.25, 0.3) is 0 Å². The van der Waals surface area contributed by atoms with E-state index in [4.69, 9.17) is 4.74 Å². The molecule has 1 aliphatic heterocycles. The van der Waals surface area contributed by atoms with Crippen molar-refractivity contribution in [1.29, 1.82) is 0 Å². The van der Waals surface area contributed by atoms with E-state index in [1.165, 1.54) is 35.9 Å². The number of amides is 3. The van der Waals surface area contributed by atoms with Gasteiger partial charge in [-0.2, -0.15) is 0 Å². The van der Waals surface area contributed by atoms with E-state index in [0.717, 1.165) is 19.3 Å². The molecule has 2 bridgehead atoms. The van der Waals surface area contributed by atoms with Gasteiger partial charge in [-0.3, -0.25) is 19.2 Å². The maximum absolute atomic E-state index is 13.2. The maximum atomic E-state index is 13.2. The number of aromatic nitrogens is 1. The van der Waals surface area contributed by atoms with Gasteiger partial charge in [0, 0.05) is 17.6 Å². The molecular weight excluding hydrogens is 564 g/mol. The summed E-state index contributed by atoms with van der Waals surface area (Å²) in [6.45, 7) is 5.86. The topological polar surface area (TPSA) is 144 Å². The van der Waals surface area contributed by atoms with Crippen molar-refractivity contribution in [3.63, 3.8) is 0 Å². The second kappa shape index (κ2) is 16.1. The molecule has 12 heteroatoms. The molecule has 0 aromatic carbocycles. The van der Waals surface area contributed by atoms with E-state index in [9.17, 15) is 24.0 Å². The Labute approximate surface area is 250 Å². The van der Waals surface area contributed by atoms with Gasteiger partial charge in [0.25, 0.3) is 5.91 Å². The van der Waals surface area contributed by atoms with Crippen LogP contribution >= 0.6 is 23.1 Å². The van der Waals surface area contributed by atoms with Crippen LogP contribution in [0.15, 0.2) is 17.5 Å². The van der Waals surface area contributed by atoms with Gasteiger partial charge in [-0.25, -0.2) is 9.78 Å². The van der Waals surface area contributed by atoms with Gasteiger partial charge in [0.1, 0.15) is 28.4 Å². The fourth-order valence-electron chi connectivity index (χ4n) is 4.32. The monoisotopic (exact) mass is 606 g/mol. The molecule has 0 radical (unpaired) electrons. The Morgan fingerprint density at radius 3 is 2.66 bits per heavy atom. The van der Waals surface area contributed by atoms with Crippen LogP contribution in [0.2, 0.25) is 0 Å². The second-order valence-electron chi connectivity index (χ2n) is 10.9. The molecule has 3 rings (SSSR count). The summed E-state index contributed by atoms with van der Waals surface area (Å²) < 4.78 is 5.72. The number of nitrogens with zero attached hydrogens (tertiary/aromatic N) is 1. The lowest BCUT2D eigenvalue weighted by Crippen LogP contribution is -2.55. The van der Waals surface area contributed by atoms with Crippen molar-refractivity contribution in [2.24, 2.45) is 5.92 Å². The molecular formula is C29H42N4O6S2. The van der Waals surface area contributed by atoms with E-state index in [-0.39, 0.29) is 35.6 Å². The molecule has 0 saturated heterocycles. The molecule has 1 fully saturated rings. The quantitative estimate of drug-likeness (QED) is 0.195. The minimum absolute atomic E-state index is 0.118. The standard InChI is InChI=1S/C29H42N4O6S2/c1-4-5-6-7-8-12-24(35)40-15-10-9-11-20-16-22(34)30-17-23-31-21(18-41-23)26(36)33-29(13-14-29)28(38)32-25(19(2)3)27(37)39-20/h9,11,18-20,25H,4-8,10,12-17H2,1-3H3,(H,30,34)(H,32,38)(H,33,36)/b11-9+/t20-,25+/m1/s1. The number of ether oxygens (including phenoxy) is 1. The van der Waals surface area contributed by atoms with Crippen LogP contribution in [0.5, 0.6) is 0 Å². The molecule has 1 saturated carbocycles. The average molecular weight is 607 g/mol. The summed E-state index contributed by atoms with van der Waals surface area (Å²) in [5, 5.41) is 10.6. The highest BCUT2D eigenvalue weighted by Crippen LogP contribution is 2.36. The molecule has 1 aliphatic carbocycles. The zero-order valence-corrected chi connectivity index (χ0v) is 25.8. The van der Waals surface area contributed by atoms with Crippen LogP contribution in [-0.2, 0) is 30.5 Å². The zero-order valence-electron chi connectivity index (χ0n) is 24.2. The lowest BCUT2D eigenvalue weighted by atomic mass is 10.0. The van der Waals surface area contributed by atoms with Crippen molar-refractivity contribution in [3.8, 4) is 0 Å². The van der Waals surface area contributed by atoms with Gasteiger partial charge in [0.05, 0.1) is 13.0 Å². The summed E-state index contributed by atoms with van der Waals surface area (Å²) in [5.74, 6) is -1.61. The molecule has 3 amide bonds. The fraction of sp³-hybridized carbons (Fsp3) is 0.655. The van der Waals surface area contributed by atoms with Crippen molar-refractivity contribution in [2.45, 2.75) is 109 Å². The van der Waals surface area contributed by atoms with Gasteiger partial charge >= 0.3 is 5.97 Å². The van der Waals surface area contributed by atoms with Crippen LogP contribution in [-0.4, -0.2) is 57.2 Å². The number of rotatable bonds is 11. The SMILES string of the molecule is CCCCCCCC(=O)SCC/C=C/[C@@H]1CC(=O)NCc2nc(cs2)C(=O)NC2(CC2)C(=O)N[C@@H](C(C)C)C(=O)O1. The number of thiazole rings is 1. The number of carbonyl (C=O) groups excluding carboxylic acids is 5. The van der Waals surface area contributed by atoms with E-state index in [1.807, 2.05) is 6.08 Å². The molecule has 2 aliphatic rings. The summed E-state index contributed by atoms with van der Waals surface area (Å²) in [6, 6.07) is -0.958. The largest absolute Gasteiger partial charge is 0.456 e. The molecule has 1 spiro atoms. The Morgan fingerprint density at radius 1 is 1.20 bits per heavy atom. The van der Waals surface area contributed by atoms with Crippen molar-refractivity contribution in [1.82, 2.24) is 20.9 Å². The zero-order chi connectivity index (χ0) is 29.8. The predicted octanol–water partition coefficient (Wildman–Crippen LogP) is 4.04. The van der Waals surface area contributed by atoms with E-state index >= 15 is 0 Å². The number of cyclic esters (lactones) is 1. The number of thioether (sulfide) groups is 1.